The molecule has 1 unspecified atom stereocenters. The van der Waals surface area contributed by atoms with Gasteiger partial charge in [-0.05, 0) is 34.5 Å². The summed E-state index contributed by atoms with van der Waals surface area (Å²) in [4.78, 5) is 8.47. The van der Waals surface area contributed by atoms with Crippen LogP contribution in [0.15, 0.2) is 22.2 Å². The zero-order valence-electron chi connectivity index (χ0n) is 12.2. The van der Waals surface area contributed by atoms with Crippen molar-refractivity contribution in [3.05, 3.63) is 38.5 Å². The van der Waals surface area contributed by atoms with E-state index >= 15 is 0 Å². The first kappa shape index (κ1) is 17.0. The van der Waals surface area contributed by atoms with Crippen molar-refractivity contribution in [3.63, 3.8) is 0 Å². The molecular formula is C14H20BrClN4S. The fraction of sp³-hybridized carbons (Fsp3) is 0.500. The third-order valence-corrected chi connectivity index (χ3v) is 5.90. The molecular weight excluding hydrogens is 372 g/mol. The molecule has 4 nitrogen and oxygen atoms in total. The van der Waals surface area contributed by atoms with Crippen LogP contribution < -0.4 is 5.32 Å². The molecule has 116 valence electrons. The summed E-state index contributed by atoms with van der Waals surface area (Å²) >= 11 is 5.46. The highest BCUT2D eigenvalue weighted by atomic mass is 79.9. The van der Waals surface area contributed by atoms with E-state index in [1.807, 2.05) is 23.7 Å². The molecule has 1 fully saturated rings. The molecule has 0 amide bonds. The van der Waals surface area contributed by atoms with Gasteiger partial charge < -0.3 is 9.88 Å². The molecule has 1 N–H and O–H groups in total. The van der Waals surface area contributed by atoms with Gasteiger partial charge >= 0.3 is 0 Å². The summed E-state index contributed by atoms with van der Waals surface area (Å²) in [6, 6.07) is 2.64. The van der Waals surface area contributed by atoms with E-state index in [-0.39, 0.29) is 12.4 Å². The molecule has 1 aliphatic rings. The van der Waals surface area contributed by atoms with Crippen molar-refractivity contribution >= 4 is 39.7 Å². The number of aryl methyl sites for hydroxylation is 2. The van der Waals surface area contributed by atoms with Crippen molar-refractivity contribution in [2.24, 2.45) is 7.05 Å². The second-order valence-electron chi connectivity index (χ2n) is 5.26. The van der Waals surface area contributed by atoms with Gasteiger partial charge in [0.05, 0.1) is 9.83 Å². The maximum absolute atomic E-state index is 4.53. The largest absolute Gasteiger partial charge is 0.337 e. The van der Waals surface area contributed by atoms with Gasteiger partial charge in [0.15, 0.2) is 0 Å². The Labute approximate surface area is 144 Å². The number of nitrogens with one attached hydrogen (secondary N) is 1. The standard InChI is InChI=1S/C14H19BrN4S.ClH/c1-10-7-11(20-13(10)15)9-19-6-3-16-8-12(19)14-17-4-5-18(14)2;/h4-5,7,12,16H,3,6,8-9H2,1-2H3;1H. The fourth-order valence-corrected chi connectivity index (χ4v) is 4.34. The van der Waals surface area contributed by atoms with Gasteiger partial charge in [0.1, 0.15) is 5.82 Å². The van der Waals surface area contributed by atoms with Crippen molar-refractivity contribution in [1.29, 1.82) is 0 Å². The first-order valence-electron chi connectivity index (χ1n) is 6.82. The zero-order valence-corrected chi connectivity index (χ0v) is 15.4. The monoisotopic (exact) mass is 390 g/mol. The average molecular weight is 392 g/mol. The second kappa shape index (κ2) is 7.24. The Balaban J connectivity index is 0.00000161. The van der Waals surface area contributed by atoms with Crippen molar-refractivity contribution in [2.75, 3.05) is 19.6 Å². The first-order chi connectivity index (χ1) is 9.65. The van der Waals surface area contributed by atoms with Crippen LogP contribution in [0, 0.1) is 6.92 Å². The smallest absolute Gasteiger partial charge is 0.127 e. The molecule has 0 bridgehead atoms. The molecule has 1 aliphatic heterocycles. The molecule has 0 saturated carbocycles. The summed E-state index contributed by atoms with van der Waals surface area (Å²) in [7, 11) is 2.07. The van der Waals surface area contributed by atoms with Crippen LogP contribution in [0.1, 0.15) is 22.3 Å². The maximum atomic E-state index is 4.53. The van der Waals surface area contributed by atoms with E-state index < -0.39 is 0 Å². The fourth-order valence-electron chi connectivity index (χ4n) is 2.69. The van der Waals surface area contributed by atoms with Crippen LogP contribution in [0.25, 0.3) is 0 Å². The number of thiophene rings is 1. The molecule has 21 heavy (non-hydrogen) atoms. The summed E-state index contributed by atoms with van der Waals surface area (Å²) in [6.45, 7) is 6.23. The molecule has 7 heteroatoms. The van der Waals surface area contributed by atoms with E-state index in [4.69, 9.17) is 0 Å². The number of imidazole rings is 1. The molecule has 0 radical (unpaired) electrons. The molecule has 0 aliphatic carbocycles. The quantitative estimate of drug-likeness (QED) is 0.872. The number of halogens is 2. The molecule has 3 rings (SSSR count). The zero-order chi connectivity index (χ0) is 14.1. The highest BCUT2D eigenvalue weighted by Crippen LogP contribution is 2.30. The van der Waals surface area contributed by atoms with Crippen LogP contribution in [0.5, 0.6) is 0 Å². The minimum atomic E-state index is 0. The van der Waals surface area contributed by atoms with E-state index in [2.05, 4.69) is 55.7 Å². The Morgan fingerprint density at radius 2 is 2.33 bits per heavy atom. The van der Waals surface area contributed by atoms with Crippen LogP contribution >= 0.6 is 39.7 Å². The Morgan fingerprint density at radius 1 is 1.52 bits per heavy atom. The van der Waals surface area contributed by atoms with Crippen LogP contribution in [0.3, 0.4) is 0 Å². The van der Waals surface area contributed by atoms with Gasteiger partial charge in [0.2, 0.25) is 0 Å². The van der Waals surface area contributed by atoms with Crippen LogP contribution in [0.4, 0.5) is 0 Å². The minimum absolute atomic E-state index is 0. The Hall–Kier alpha value is -0.400. The van der Waals surface area contributed by atoms with Crippen molar-refractivity contribution in [3.8, 4) is 0 Å². The number of nitrogens with zero attached hydrogens (tertiary/aromatic N) is 3. The number of aromatic nitrogens is 2. The van der Waals surface area contributed by atoms with Crippen LogP contribution in [0.2, 0.25) is 0 Å². The van der Waals surface area contributed by atoms with E-state index in [1.54, 1.807) is 0 Å². The minimum Gasteiger partial charge on any atom is -0.337 e. The van der Waals surface area contributed by atoms with Crippen molar-refractivity contribution in [1.82, 2.24) is 19.8 Å². The normalized spacial score (nSPS) is 19.5. The average Bonchev–Trinajstić information content (AvgIpc) is 2.97. The topological polar surface area (TPSA) is 33.1 Å². The SMILES string of the molecule is Cc1cc(CN2CCNCC2c2nccn2C)sc1Br.Cl. The molecule has 0 spiro atoms. The molecule has 2 aromatic rings. The number of hydrogen-bond acceptors (Lipinski definition) is 4. The number of hydrogen-bond donors (Lipinski definition) is 1. The van der Waals surface area contributed by atoms with Gasteiger partial charge in [-0.25, -0.2) is 4.98 Å². The van der Waals surface area contributed by atoms with E-state index in [0.29, 0.717) is 6.04 Å². The van der Waals surface area contributed by atoms with Crippen LogP contribution in [-0.4, -0.2) is 34.1 Å². The van der Waals surface area contributed by atoms with Crippen molar-refractivity contribution < 1.29 is 0 Å². The lowest BCUT2D eigenvalue weighted by Gasteiger charge is -2.35. The summed E-state index contributed by atoms with van der Waals surface area (Å²) in [5.74, 6) is 1.14. The van der Waals surface area contributed by atoms with Gasteiger partial charge in [-0.15, -0.1) is 23.7 Å². The first-order valence-corrected chi connectivity index (χ1v) is 8.43. The third-order valence-electron chi connectivity index (χ3n) is 3.78. The molecule has 1 atom stereocenters. The Morgan fingerprint density at radius 3 is 2.95 bits per heavy atom. The van der Waals surface area contributed by atoms with E-state index in [0.717, 1.165) is 32.0 Å². The van der Waals surface area contributed by atoms with Crippen LogP contribution in [-0.2, 0) is 13.6 Å². The molecule has 0 aromatic carbocycles. The van der Waals surface area contributed by atoms with E-state index in [9.17, 15) is 0 Å². The highest BCUT2D eigenvalue weighted by Gasteiger charge is 2.27. The second-order valence-corrected chi connectivity index (χ2v) is 7.71. The lowest BCUT2D eigenvalue weighted by atomic mass is 10.1. The lowest BCUT2D eigenvalue weighted by Crippen LogP contribution is -2.46. The molecule has 3 heterocycles. The van der Waals surface area contributed by atoms with Gasteiger partial charge in [-0.1, -0.05) is 0 Å². The van der Waals surface area contributed by atoms with E-state index in [1.165, 1.54) is 14.2 Å². The van der Waals surface area contributed by atoms with Gasteiger partial charge in [0, 0.05) is 50.5 Å². The van der Waals surface area contributed by atoms with Gasteiger partial charge in [0.25, 0.3) is 0 Å². The third kappa shape index (κ3) is 3.68. The summed E-state index contributed by atoms with van der Waals surface area (Å²) in [5, 5.41) is 3.48. The molecule has 1 saturated heterocycles. The Bertz CT molecular complexity index is 578. The number of piperazine rings is 1. The lowest BCUT2D eigenvalue weighted by molar-refractivity contribution is 0.146. The molecule has 2 aromatic heterocycles. The predicted octanol–water partition coefficient (Wildman–Crippen LogP) is 3.12. The van der Waals surface area contributed by atoms with Gasteiger partial charge in [-0.2, -0.15) is 0 Å². The Kier molecular flexibility index (Phi) is 5.85. The summed E-state index contributed by atoms with van der Waals surface area (Å²) in [5.41, 5.74) is 1.33. The summed E-state index contributed by atoms with van der Waals surface area (Å²) in [6.07, 6.45) is 3.90. The maximum Gasteiger partial charge on any atom is 0.127 e. The predicted molar refractivity (Wildman–Crippen MR) is 93.2 cm³/mol. The van der Waals surface area contributed by atoms with Gasteiger partial charge in [-0.3, -0.25) is 4.90 Å². The summed E-state index contributed by atoms with van der Waals surface area (Å²) < 4.78 is 3.37. The van der Waals surface area contributed by atoms with Crippen molar-refractivity contribution in [2.45, 2.75) is 19.5 Å². The highest BCUT2D eigenvalue weighted by molar-refractivity contribution is 9.11. The number of rotatable bonds is 3.